The standard InChI is InChI=1S/C15H11F2N3/c16-12-5-4-11(7-13(12)17)19-15-10(8-18)6-9-2-1-3-14(9)20-15/h4-7H,1-3H2,(H,19,20). The average Bonchev–Trinajstić information content (AvgIpc) is 2.89. The van der Waals surface area contributed by atoms with Crippen LogP contribution in [0.25, 0.3) is 0 Å². The topological polar surface area (TPSA) is 48.7 Å². The number of hydrogen-bond donors (Lipinski definition) is 1. The van der Waals surface area contributed by atoms with Crippen molar-refractivity contribution in [2.75, 3.05) is 5.32 Å². The molecule has 0 aliphatic heterocycles. The van der Waals surface area contributed by atoms with Crippen molar-refractivity contribution in [3.63, 3.8) is 0 Å². The molecule has 5 heteroatoms. The summed E-state index contributed by atoms with van der Waals surface area (Å²) in [5.41, 5.74) is 2.84. The Labute approximate surface area is 114 Å². The van der Waals surface area contributed by atoms with Crippen LogP contribution in [0.15, 0.2) is 24.3 Å². The Hall–Kier alpha value is -2.48. The van der Waals surface area contributed by atoms with Gasteiger partial charge in [0.05, 0.1) is 5.56 Å². The zero-order chi connectivity index (χ0) is 14.1. The Morgan fingerprint density at radius 3 is 2.75 bits per heavy atom. The van der Waals surface area contributed by atoms with Gasteiger partial charge in [0, 0.05) is 17.4 Å². The van der Waals surface area contributed by atoms with Crippen LogP contribution >= 0.6 is 0 Å². The maximum Gasteiger partial charge on any atom is 0.160 e. The molecule has 2 aromatic rings. The van der Waals surface area contributed by atoms with E-state index in [1.807, 2.05) is 6.07 Å². The van der Waals surface area contributed by atoms with E-state index in [-0.39, 0.29) is 0 Å². The van der Waals surface area contributed by atoms with Crippen molar-refractivity contribution in [3.05, 3.63) is 52.7 Å². The van der Waals surface area contributed by atoms with Crippen LogP contribution in [0.4, 0.5) is 20.3 Å². The number of nitrogens with one attached hydrogen (secondary N) is 1. The number of fused-ring (bicyclic) bond motifs is 1. The number of benzene rings is 1. The van der Waals surface area contributed by atoms with Crippen molar-refractivity contribution < 1.29 is 8.78 Å². The molecule has 0 saturated carbocycles. The van der Waals surface area contributed by atoms with E-state index in [4.69, 9.17) is 5.26 Å². The van der Waals surface area contributed by atoms with Gasteiger partial charge >= 0.3 is 0 Å². The second kappa shape index (κ2) is 4.89. The van der Waals surface area contributed by atoms with Gasteiger partial charge in [0.25, 0.3) is 0 Å². The number of halogens is 2. The molecule has 1 aliphatic rings. The fourth-order valence-corrected chi connectivity index (χ4v) is 2.36. The molecule has 0 amide bonds. The molecule has 3 nitrogen and oxygen atoms in total. The third kappa shape index (κ3) is 2.21. The van der Waals surface area contributed by atoms with E-state index in [0.717, 1.165) is 42.7 Å². The number of nitriles is 1. The van der Waals surface area contributed by atoms with Gasteiger partial charge in [-0.25, -0.2) is 13.8 Å². The van der Waals surface area contributed by atoms with Gasteiger partial charge in [0.2, 0.25) is 0 Å². The van der Waals surface area contributed by atoms with Crippen molar-refractivity contribution in [3.8, 4) is 6.07 Å². The summed E-state index contributed by atoms with van der Waals surface area (Å²) in [7, 11) is 0. The number of nitrogens with zero attached hydrogens (tertiary/aromatic N) is 2. The van der Waals surface area contributed by atoms with Crippen LogP contribution in [0.3, 0.4) is 0 Å². The molecular formula is C15H11F2N3. The van der Waals surface area contributed by atoms with Gasteiger partial charge < -0.3 is 5.32 Å². The molecule has 1 aromatic heterocycles. The van der Waals surface area contributed by atoms with Crippen LogP contribution in [0, 0.1) is 23.0 Å². The number of rotatable bonds is 2. The van der Waals surface area contributed by atoms with Gasteiger partial charge in [-0.15, -0.1) is 0 Å². The number of aromatic nitrogens is 1. The quantitative estimate of drug-likeness (QED) is 0.909. The molecule has 100 valence electrons. The lowest BCUT2D eigenvalue weighted by Gasteiger charge is -2.10. The lowest BCUT2D eigenvalue weighted by atomic mass is 10.1. The molecule has 0 spiro atoms. The molecule has 0 bridgehead atoms. The van der Waals surface area contributed by atoms with Gasteiger partial charge in [0.1, 0.15) is 11.9 Å². The summed E-state index contributed by atoms with van der Waals surface area (Å²) in [4.78, 5) is 4.42. The van der Waals surface area contributed by atoms with Gasteiger partial charge in [-0.05, 0) is 43.0 Å². The van der Waals surface area contributed by atoms with E-state index in [1.54, 1.807) is 0 Å². The van der Waals surface area contributed by atoms with Crippen LogP contribution in [0.1, 0.15) is 23.2 Å². The lowest BCUT2D eigenvalue weighted by Crippen LogP contribution is -2.01. The largest absolute Gasteiger partial charge is 0.339 e. The summed E-state index contributed by atoms with van der Waals surface area (Å²) in [5, 5.41) is 12.0. The minimum Gasteiger partial charge on any atom is -0.339 e. The monoisotopic (exact) mass is 271 g/mol. The molecule has 3 rings (SSSR count). The molecule has 0 atom stereocenters. The van der Waals surface area contributed by atoms with E-state index in [0.29, 0.717) is 17.1 Å². The summed E-state index contributed by atoms with van der Waals surface area (Å²) in [6, 6.07) is 7.39. The first kappa shape index (κ1) is 12.5. The molecule has 0 fully saturated rings. The number of aryl methyl sites for hydroxylation is 2. The number of hydrogen-bond acceptors (Lipinski definition) is 3. The van der Waals surface area contributed by atoms with E-state index < -0.39 is 11.6 Å². The first-order chi connectivity index (χ1) is 9.67. The molecule has 0 radical (unpaired) electrons. The summed E-state index contributed by atoms with van der Waals surface area (Å²) in [6.07, 6.45) is 2.85. The number of anilines is 2. The Morgan fingerprint density at radius 1 is 1.15 bits per heavy atom. The molecule has 1 aliphatic carbocycles. The normalized spacial score (nSPS) is 12.8. The Morgan fingerprint density at radius 2 is 2.00 bits per heavy atom. The molecule has 0 unspecified atom stereocenters. The Kier molecular flexibility index (Phi) is 3.07. The Bertz CT molecular complexity index is 720. The highest BCUT2D eigenvalue weighted by atomic mass is 19.2. The molecule has 1 N–H and O–H groups in total. The third-order valence-electron chi connectivity index (χ3n) is 3.35. The summed E-state index contributed by atoms with van der Waals surface area (Å²) in [6.45, 7) is 0. The molecule has 1 heterocycles. The van der Waals surface area contributed by atoms with Gasteiger partial charge in [-0.3, -0.25) is 0 Å². The van der Waals surface area contributed by atoms with Crippen molar-refractivity contribution in [2.24, 2.45) is 0 Å². The van der Waals surface area contributed by atoms with Gasteiger partial charge in [0.15, 0.2) is 11.6 Å². The highest BCUT2D eigenvalue weighted by Gasteiger charge is 2.16. The first-order valence-electron chi connectivity index (χ1n) is 6.32. The highest BCUT2D eigenvalue weighted by Crippen LogP contribution is 2.27. The van der Waals surface area contributed by atoms with E-state index in [1.165, 1.54) is 6.07 Å². The molecule has 20 heavy (non-hydrogen) atoms. The minimum absolute atomic E-state index is 0.367. The van der Waals surface area contributed by atoms with Crippen LogP contribution in [0.2, 0.25) is 0 Å². The lowest BCUT2D eigenvalue weighted by molar-refractivity contribution is 0.509. The minimum atomic E-state index is -0.935. The van der Waals surface area contributed by atoms with Crippen LogP contribution in [0.5, 0.6) is 0 Å². The van der Waals surface area contributed by atoms with E-state index >= 15 is 0 Å². The number of pyridine rings is 1. The molecule has 1 aromatic carbocycles. The SMILES string of the molecule is N#Cc1cc2c(nc1Nc1ccc(F)c(F)c1)CCC2. The second-order valence-electron chi connectivity index (χ2n) is 4.71. The third-order valence-corrected chi connectivity index (χ3v) is 3.35. The van der Waals surface area contributed by atoms with E-state index in [2.05, 4.69) is 16.4 Å². The fourth-order valence-electron chi connectivity index (χ4n) is 2.36. The second-order valence-corrected chi connectivity index (χ2v) is 4.71. The summed E-state index contributed by atoms with van der Waals surface area (Å²) >= 11 is 0. The molecule has 0 saturated heterocycles. The average molecular weight is 271 g/mol. The first-order valence-corrected chi connectivity index (χ1v) is 6.32. The van der Waals surface area contributed by atoms with Crippen molar-refractivity contribution in [1.29, 1.82) is 5.26 Å². The predicted molar refractivity (Wildman–Crippen MR) is 70.6 cm³/mol. The fraction of sp³-hybridized carbons (Fsp3) is 0.200. The predicted octanol–water partition coefficient (Wildman–Crippen LogP) is 3.46. The van der Waals surface area contributed by atoms with Crippen molar-refractivity contribution in [2.45, 2.75) is 19.3 Å². The summed E-state index contributed by atoms with van der Waals surface area (Å²) < 4.78 is 26.1. The van der Waals surface area contributed by atoms with Crippen molar-refractivity contribution >= 4 is 11.5 Å². The van der Waals surface area contributed by atoms with Crippen molar-refractivity contribution in [1.82, 2.24) is 4.98 Å². The summed E-state index contributed by atoms with van der Waals surface area (Å²) in [5.74, 6) is -1.45. The van der Waals surface area contributed by atoms with Crippen LogP contribution in [-0.4, -0.2) is 4.98 Å². The maximum absolute atomic E-state index is 13.2. The van der Waals surface area contributed by atoms with Crippen LogP contribution < -0.4 is 5.32 Å². The van der Waals surface area contributed by atoms with Gasteiger partial charge in [-0.2, -0.15) is 5.26 Å². The van der Waals surface area contributed by atoms with Gasteiger partial charge in [-0.1, -0.05) is 0 Å². The highest BCUT2D eigenvalue weighted by molar-refractivity contribution is 5.64. The maximum atomic E-state index is 13.2. The van der Waals surface area contributed by atoms with E-state index in [9.17, 15) is 8.78 Å². The Balaban J connectivity index is 1.98. The zero-order valence-electron chi connectivity index (χ0n) is 10.6. The van der Waals surface area contributed by atoms with Crippen LogP contribution in [-0.2, 0) is 12.8 Å². The molecular weight excluding hydrogens is 260 g/mol. The smallest absolute Gasteiger partial charge is 0.160 e. The zero-order valence-corrected chi connectivity index (χ0v) is 10.6.